The molecular weight excluding hydrogens is 327 g/mol. The quantitative estimate of drug-likeness (QED) is 0.796. The Labute approximate surface area is 149 Å². The van der Waals surface area contributed by atoms with Crippen LogP contribution < -0.4 is 10.6 Å². The fourth-order valence-corrected chi connectivity index (χ4v) is 1.96. The van der Waals surface area contributed by atoms with E-state index < -0.39 is 11.6 Å². The number of carbonyl (C=O) groups excluding carboxylic acids is 2. The van der Waals surface area contributed by atoms with E-state index in [1.54, 1.807) is 0 Å². The van der Waals surface area contributed by atoms with E-state index in [9.17, 15) is 14.0 Å². The molecule has 1 heterocycles. The van der Waals surface area contributed by atoms with Crippen molar-refractivity contribution >= 4 is 12.1 Å². The van der Waals surface area contributed by atoms with E-state index in [0.29, 0.717) is 5.56 Å². The minimum Gasteiger partial charge on any atom is -0.465 e. The Kier molecular flexibility index (Phi) is 9.74. The molecule has 1 aromatic rings. The van der Waals surface area contributed by atoms with E-state index in [4.69, 9.17) is 4.74 Å². The number of methoxy groups -OCH3 is 1. The van der Waals surface area contributed by atoms with Gasteiger partial charge in [-0.2, -0.15) is 0 Å². The minimum absolute atomic E-state index is 0. The SMILES string of the molecule is C.CC(C)(C)OC(=O)N[C@@H]1CCNC1.COC(=O)c1ccc(F)cc1. The van der Waals surface area contributed by atoms with E-state index in [0.717, 1.165) is 19.5 Å². The molecule has 0 radical (unpaired) electrons. The summed E-state index contributed by atoms with van der Waals surface area (Å²) in [4.78, 5) is 22.0. The maximum Gasteiger partial charge on any atom is 0.407 e. The van der Waals surface area contributed by atoms with E-state index in [1.807, 2.05) is 20.8 Å². The number of amides is 1. The first-order valence-corrected chi connectivity index (χ1v) is 7.75. The number of alkyl carbamates (subject to hydrolysis) is 1. The Bertz CT molecular complexity index is 535. The van der Waals surface area contributed by atoms with Gasteiger partial charge in [0.2, 0.25) is 0 Å². The first kappa shape index (κ1) is 22.9. The van der Waals surface area contributed by atoms with Crippen LogP contribution in [-0.4, -0.2) is 43.9 Å². The number of benzene rings is 1. The third-order valence-corrected chi connectivity index (χ3v) is 3.05. The highest BCUT2D eigenvalue weighted by Gasteiger charge is 2.21. The van der Waals surface area contributed by atoms with Gasteiger partial charge in [0.05, 0.1) is 12.7 Å². The topological polar surface area (TPSA) is 76.7 Å². The van der Waals surface area contributed by atoms with Gasteiger partial charge in [0.1, 0.15) is 11.4 Å². The van der Waals surface area contributed by atoms with Crippen LogP contribution in [0.3, 0.4) is 0 Å². The third kappa shape index (κ3) is 9.66. The van der Waals surface area contributed by atoms with Gasteiger partial charge in [-0.05, 0) is 58.0 Å². The Balaban J connectivity index is 0.000000449. The van der Waals surface area contributed by atoms with Crippen LogP contribution in [0.15, 0.2) is 24.3 Å². The van der Waals surface area contributed by atoms with Crippen LogP contribution in [0.5, 0.6) is 0 Å². The molecule has 0 unspecified atom stereocenters. The van der Waals surface area contributed by atoms with Gasteiger partial charge in [-0.1, -0.05) is 7.43 Å². The molecule has 1 aliphatic rings. The molecule has 1 amide bonds. The van der Waals surface area contributed by atoms with Crippen LogP contribution >= 0.6 is 0 Å². The van der Waals surface area contributed by atoms with E-state index in [1.165, 1.54) is 31.4 Å². The number of hydrogen-bond donors (Lipinski definition) is 2. The Morgan fingerprint density at radius 3 is 2.28 bits per heavy atom. The Hall–Kier alpha value is -2.15. The molecule has 0 aromatic heterocycles. The standard InChI is InChI=1S/C9H18N2O2.C8H7FO2.CH4/c1-9(2,3)13-8(12)11-7-4-5-10-6-7;1-11-8(10)6-2-4-7(9)5-3-6;/h7,10H,4-6H2,1-3H3,(H,11,12);2-5H,1H3;1H4/t7-;;/m1../s1. The van der Waals surface area contributed by atoms with E-state index in [-0.39, 0.29) is 25.4 Å². The van der Waals surface area contributed by atoms with E-state index >= 15 is 0 Å². The Morgan fingerprint density at radius 1 is 1.24 bits per heavy atom. The summed E-state index contributed by atoms with van der Waals surface area (Å²) in [7, 11) is 1.28. The van der Waals surface area contributed by atoms with Crippen LogP contribution in [0.25, 0.3) is 0 Å². The molecule has 0 spiro atoms. The number of ether oxygens (including phenoxy) is 2. The zero-order chi connectivity index (χ0) is 18.2. The van der Waals surface area contributed by atoms with Gasteiger partial charge in [-0.15, -0.1) is 0 Å². The van der Waals surface area contributed by atoms with Crippen molar-refractivity contribution in [2.24, 2.45) is 0 Å². The molecule has 0 aliphatic carbocycles. The minimum atomic E-state index is -0.454. The second-order valence-corrected chi connectivity index (χ2v) is 6.33. The molecule has 142 valence electrons. The van der Waals surface area contributed by atoms with Crippen molar-refractivity contribution < 1.29 is 23.5 Å². The highest BCUT2D eigenvalue weighted by molar-refractivity contribution is 5.89. The second-order valence-electron chi connectivity index (χ2n) is 6.33. The summed E-state index contributed by atoms with van der Waals surface area (Å²) in [5.74, 6) is -0.817. The number of hydrogen-bond acceptors (Lipinski definition) is 5. The largest absolute Gasteiger partial charge is 0.465 e. The van der Waals surface area contributed by atoms with Gasteiger partial charge in [0.25, 0.3) is 0 Å². The molecule has 1 fully saturated rings. The van der Waals surface area contributed by atoms with Crippen molar-refractivity contribution in [1.82, 2.24) is 10.6 Å². The molecule has 1 saturated heterocycles. The summed E-state index contributed by atoms with van der Waals surface area (Å²) >= 11 is 0. The molecule has 1 aliphatic heterocycles. The lowest BCUT2D eigenvalue weighted by Crippen LogP contribution is -2.40. The number of halogens is 1. The number of carbonyl (C=O) groups is 2. The number of nitrogens with one attached hydrogen (secondary N) is 2. The predicted molar refractivity (Wildman–Crippen MR) is 95.1 cm³/mol. The smallest absolute Gasteiger partial charge is 0.407 e. The van der Waals surface area contributed by atoms with Gasteiger partial charge >= 0.3 is 12.1 Å². The van der Waals surface area contributed by atoms with Gasteiger partial charge in [-0.25, -0.2) is 14.0 Å². The average Bonchev–Trinajstić information content (AvgIpc) is 2.98. The lowest BCUT2D eigenvalue weighted by atomic mass is 10.2. The maximum absolute atomic E-state index is 12.3. The zero-order valence-electron chi connectivity index (χ0n) is 14.5. The molecular formula is C18H29FN2O4. The summed E-state index contributed by atoms with van der Waals surface area (Å²) in [6.45, 7) is 7.40. The monoisotopic (exact) mass is 356 g/mol. The van der Waals surface area contributed by atoms with E-state index in [2.05, 4.69) is 15.4 Å². The third-order valence-electron chi connectivity index (χ3n) is 3.05. The molecule has 1 atom stereocenters. The average molecular weight is 356 g/mol. The fourth-order valence-electron chi connectivity index (χ4n) is 1.96. The van der Waals surface area contributed by atoms with Gasteiger partial charge in [0.15, 0.2) is 0 Å². The lowest BCUT2D eigenvalue weighted by Gasteiger charge is -2.21. The first-order chi connectivity index (χ1) is 11.2. The molecule has 0 bridgehead atoms. The highest BCUT2D eigenvalue weighted by Crippen LogP contribution is 2.07. The van der Waals surface area contributed by atoms with Crippen molar-refractivity contribution in [2.45, 2.75) is 46.3 Å². The van der Waals surface area contributed by atoms with Crippen LogP contribution in [0.1, 0.15) is 45.0 Å². The van der Waals surface area contributed by atoms with Crippen LogP contribution in [-0.2, 0) is 9.47 Å². The van der Waals surface area contributed by atoms with Crippen LogP contribution in [0.2, 0.25) is 0 Å². The van der Waals surface area contributed by atoms with Gasteiger partial charge in [0, 0.05) is 12.6 Å². The summed E-state index contributed by atoms with van der Waals surface area (Å²) in [6, 6.07) is 5.41. The van der Waals surface area contributed by atoms with Crippen molar-refractivity contribution in [3.05, 3.63) is 35.6 Å². The van der Waals surface area contributed by atoms with Crippen molar-refractivity contribution in [3.8, 4) is 0 Å². The van der Waals surface area contributed by atoms with Crippen molar-refractivity contribution in [2.75, 3.05) is 20.2 Å². The number of esters is 1. The summed E-state index contributed by atoms with van der Waals surface area (Å²) in [5.41, 5.74) is -0.0512. The first-order valence-electron chi connectivity index (χ1n) is 7.75. The molecule has 0 saturated carbocycles. The van der Waals surface area contributed by atoms with Crippen molar-refractivity contribution in [1.29, 1.82) is 0 Å². The number of rotatable bonds is 2. The molecule has 2 rings (SSSR count). The second kappa shape index (κ2) is 10.7. The summed E-state index contributed by atoms with van der Waals surface area (Å²) in [5, 5.41) is 5.98. The maximum atomic E-state index is 12.3. The molecule has 1 aromatic carbocycles. The Morgan fingerprint density at radius 2 is 1.84 bits per heavy atom. The summed E-state index contributed by atoms with van der Waals surface area (Å²) < 4.78 is 21.8. The van der Waals surface area contributed by atoms with Crippen LogP contribution in [0, 0.1) is 5.82 Å². The fraction of sp³-hybridized carbons (Fsp3) is 0.556. The normalized spacial score (nSPS) is 16.0. The lowest BCUT2D eigenvalue weighted by molar-refractivity contribution is 0.0507. The van der Waals surface area contributed by atoms with Crippen molar-refractivity contribution in [3.63, 3.8) is 0 Å². The van der Waals surface area contributed by atoms with Crippen LogP contribution in [0.4, 0.5) is 9.18 Å². The van der Waals surface area contributed by atoms with Gasteiger partial charge in [-0.3, -0.25) is 0 Å². The molecule has 6 nitrogen and oxygen atoms in total. The highest BCUT2D eigenvalue weighted by atomic mass is 19.1. The van der Waals surface area contributed by atoms with Gasteiger partial charge < -0.3 is 20.1 Å². The summed E-state index contributed by atoms with van der Waals surface area (Å²) in [6.07, 6.45) is 0.667. The predicted octanol–water partition coefficient (Wildman–Crippen LogP) is 3.12. The molecule has 2 N–H and O–H groups in total. The molecule has 25 heavy (non-hydrogen) atoms. The molecule has 7 heteroatoms. The zero-order valence-corrected chi connectivity index (χ0v) is 14.5.